The summed E-state index contributed by atoms with van der Waals surface area (Å²) in [5.74, 6) is 0.351. The number of aliphatic carboxylic acids is 1. The number of thioether (sulfide) groups is 1. The van der Waals surface area contributed by atoms with E-state index in [2.05, 4.69) is 15.2 Å². The highest BCUT2D eigenvalue weighted by atomic mass is 32.2. The highest BCUT2D eigenvalue weighted by Gasteiger charge is 2.06. The number of carboxylic acid groups (broad SMARTS) is 1. The minimum absolute atomic E-state index is 0.0587. The van der Waals surface area contributed by atoms with Gasteiger partial charge in [0.05, 0.1) is 5.75 Å². The van der Waals surface area contributed by atoms with Crippen molar-refractivity contribution in [2.24, 2.45) is 0 Å². The fraction of sp³-hybridized carbons (Fsp3) is 0.182. The molecule has 0 amide bonds. The van der Waals surface area contributed by atoms with Gasteiger partial charge in [0.25, 0.3) is 0 Å². The van der Waals surface area contributed by atoms with E-state index in [9.17, 15) is 4.79 Å². The van der Waals surface area contributed by atoms with E-state index in [0.29, 0.717) is 11.0 Å². The zero-order chi connectivity index (χ0) is 12.8. The molecule has 6 nitrogen and oxygen atoms in total. The summed E-state index contributed by atoms with van der Waals surface area (Å²) in [6.07, 6.45) is 0. The fourth-order valence-corrected chi connectivity index (χ4v) is 1.74. The van der Waals surface area contributed by atoms with Crippen LogP contribution in [0.5, 0.6) is 5.75 Å². The van der Waals surface area contributed by atoms with E-state index in [1.165, 1.54) is 0 Å². The molecule has 0 bridgehead atoms. The Kier molecular flexibility index (Phi) is 4.19. The lowest BCUT2D eigenvalue weighted by molar-refractivity contribution is -0.133. The molecule has 0 atom stereocenters. The molecule has 1 aromatic heterocycles. The first-order chi connectivity index (χ1) is 8.74. The number of carbonyl (C=O) groups is 1. The molecule has 94 valence electrons. The zero-order valence-electron chi connectivity index (χ0n) is 9.37. The van der Waals surface area contributed by atoms with Gasteiger partial charge in [-0.25, -0.2) is 4.98 Å². The normalized spacial score (nSPS) is 10.2. The van der Waals surface area contributed by atoms with Gasteiger partial charge in [-0.15, -0.1) is 5.10 Å². The third-order valence-electron chi connectivity index (χ3n) is 1.95. The Morgan fingerprint density at radius 1 is 1.39 bits per heavy atom. The van der Waals surface area contributed by atoms with Crippen LogP contribution in [-0.2, 0) is 11.4 Å². The number of hydrogen-bond acceptors (Lipinski definition) is 5. The molecule has 7 heteroatoms. The molecule has 0 fully saturated rings. The van der Waals surface area contributed by atoms with Crippen LogP contribution < -0.4 is 4.74 Å². The lowest BCUT2D eigenvalue weighted by atomic mass is 10.3. The number of rotatable bonds is 6. The molecule has 2 rings (SSSR count). The summed E-state index contributed by atoms with van der Waals surface area (Å²) in [6, 6.07) is 9.35. The Morgan fingerprint density at radius 2 is 2.17 bits per heavy atom. The molecular formula is C11H11N3O3S. The number of carboxylic acids is 1. The van der Waals surface area contributed by atoms with E-state index in [4.69, 9.17) is 9.84 Å². The van der Waals surface area contributed by atoms with Crippen molar-refractivity contribution in [1.29, 1.82) is 0 Å². The van der Waals surface area contributed by atoms with Gasteiger partial charge < -0.3 is 9.84 Å². The average molecular weight is 265 g/mol. The molecule has 0 saturated carbocycles. The number of para-hydroxylation sites is 1. The van der Waals surface area contributed by atoms with E-state index < -0.39 is 5.97 Å². The first-order valence-electron chi connectivity index (χ1n) is 5.18. The summed E-state index contributed by atoms with van der Waals surface area (Å²) in [4.78, 5) is 14.5. The summed E-state index contributed by atoms with van der Waals surface area (Å²) in [7, 11) is 0. The Morgan fingerprint density at radius 3 is 2.89 bits per heavy atom. The molecule has 0 unspecified atom stereocenters. The SMILES string of the molecule is O=C(O)CSc1n[nH]c(COc2ccccc2)n1. The predicted octanol–water partition coefficient (Wildman–Crippen LogP) is 1.56. The number of nitrogens with zero attached hydrogens (tertiary/aromatic N) is 2. The maximum atomic E-state index is 10.4. The third kappa shape index (κ3) is 3.77. The second-order valence-electron chi connectivity index (χ2n) is 3.35. The van der Waals surface area contributed by atoms with Crippen molar-refractivity contribution in [3.8, 4) is 5.75 Å². The standard InChI is InChI=1S/C11H11N3O3S/c15-10(16)7-18-11-12-9(13-14-11)6-17-8-4-2-1-3-5-8/h1-5H,6-7H2,(H,15,16)(H,12,13,14). The van der Waals surface area contributed by atoms with E-state index >= 15 is 0 Å². The van der Waals surface area contributed by atoms with Crippen LogP contribution in [0.25, 0.3) is 0 Å². The summed E-state index contributed by atoms with van der Waals surface area (Å²) >= 11 is 1.06. The minimum atomic E-state index is -0.896. The highest BCUT2D eigenvalue weighted by molar-refractivity contribution is 7.99. The lowest BCUT2D eigenvalue weighted by Crippen LogP contribution is -1.98. The van der Waals surface area contributed by atoms with E-state index in [-0.39, 0.29) is 12.4 Å². The molecule has 18 heavy (non-hydrogen) atoms. The Labute approximate surface area is 107 Å². The molecule has 0 aliphatic carbocycles. The highest BCUT2D eigenvalue weighted by Crippen LogP contribution is 2.13. The van der Waals surface area contributed by atoms with Gasteiger partial charge in [0.15, 0.2) is 5.82 Å². The number of nitrogens with one attached hydrogen (secondary N) is 1. The number of aromatic amines is 1. The van der Waals surface area contributed by atoms with Crippen molar-refractivity contribution in [1.82, 2.24) is 15.2 Å². The van der Waals surface area contributed by atoms with Crippen LogP contribution in [0.1, 0.15) is 5.82 Å². The van der Waals surface area contributed by atoms with Crippen LogP contribution in [0.4, 0.5) is 0 Å². The second kappa shape index (κ2) is 6.06. The van der Waals surface area contributed by atoms with Gasteiger partial charge in [0.2, 0.25) is 5.16 Å². The van der Waals surface area contributed by atoms with Crippen molar-refractivity contribution in [3.05, 3.63) is 36.2 Å². The Hall–Kier alpha value is -2.02. The topological polar surface area (TPSA) is 88.1 Å². The molecule has 0 spiro atoms. The summed E-state index contributed by atoms with van der Waals surface area (Å²) in [5.41, 5.74) is 0. The molecule has 0 radical (unpaired) electrons. The smallest absolute Gasteiger partial charge is 0.313 e. The van der Waals surface area contributed by atoms with Crippen molar-refractivity contribution >= 4 is 17.7 Å². The Bertz CT molecular complexity index is 515. The maximum Gasteiger partial charge on any atom is 0.313 e. The quantitative estimate of drug-likeness (QED) is 0.771. The van der Waals surface area contributed by atoms with Crippen LogP contribution in [0, 0.1) is 0 Å². The summed E-state index contributed by atoms with van der Waals surface area (Å²) in [6.45, 7) is 0.268. The van der Waals surface area contributed by atoms with E-state index in [0.717, 1.165) is 17.5 Å². The molecule has 1 aromatic carbocycles. The summed E-state index contributed by atoms with van der Waals surface area (Å²) in [5, 5.41) is 15.5. The molecule has 0 aliphatic heterocycles. The van der Waals surface area contributed by atoms with Gasteiger partial charge in [-0.1, -0.05) is 30.0 Å². The monoisotopic (exact) mass is 265 g/mol. The van der Waals surface area contributed by atoms with Crippen molar-refractivity contribution in [2.45, 2.75) is 11.8 Å². The van der Waals surface area contributed by atoms with Gasteiger partial charge >= 0.3 is 5.97 Å². The number of ether oxygens (including phenoxy) is 1. The van der Waals surface area contributed by atoms with Crippen LogP contribution in [-0.4, -0.2) is 32.0 Å². The summed E-state index contributed by atoms with van der Waals surface area (Å²) < 4.78 is 5.47. The van der Waals surface area contributed by atoms with Crippen molar-refractivity contribution < 1.29 is 14.6 Å². The number of hydrogen-bond donors (Lipinski definition) is 2. The Balaban J connectivity index is 1.85. The van der Waals surface area contributed by atoms with Gasteiger partial charge in [0, 0.05) is 0 Å². The molecular weight excluding hydrogens is 254 g/mol. The van der Waals surface area contributed by atoms with Crippen molar-refractivity contribution in [3.63, 3.8) is 0 Å². The predicted molar refractivity (Wildman–Crippen MR) is 65.5 cm³/mol. The number of aromatic nitrogens is 3. The average Bonchev–Trinajstić information content (AvgIpc) is 2.83. The van der Waals surface area contributed by atoms with Gasteiger partial charge in [-0.3, -0.25) is 9.89 Å². The fourth-order valence-electron chi connectivity index (χ4n) is 1.20. The molecule has 1 heterocycles. The second-order valence-corrected chi connectivity index (χ2v) is 4.29. The van der Waals surface area contributed by atoms with Crippen molar-refractivity contribution in [2.75, 3.05) is 5.75 Å². The van der Waals surface area contributed by atoms with Crippen LogP contribution in [0.3, 0.4) is 0 Å². The molecule has 2 aromatic rings. The largest absolute Gasteiger partial charge is 0.486 e. The molecule has 0 saturated heterocycles. The maximum absolute atomic E-state index is 10.4. The number of benzene rings is 1. The van der Waals surface area contributed by atoms with Gasteiger partial charge in [-0.05, 0) is 12.1 Å². The van der Waals surface area contributed by atoms with Gasteiger partial charge in [-0.2, -0.15) is 0 Å². The van der Waals surface area contributed by atoms with Crippen LogP contribution in [0.15, 0.2) is 35.5 Å². The van der Waals surface area contributed by atoms with E-state index in [1.54, 1.807) is 0 Å². The number of H-pyrrole nitrogens is 1. The zero-order valence-corrected chi connectivity index (χ0v) is 10.2. The van der Waals surface area contributed by atoms with Gasteiger partial charge in [0.1, 0.15) is 12.4 Å². The molecule has 2 N–H and O–H groups in total. The first kappa shape index (κ1) is 12.4. The van der Waals surface area contributed by atoms with Crippen LogP contribution >= 0.6 is 11.8 Å². The van der Waals surface area contributed by atoms with E-state index in [1.807, 2.05) is 30.3 Å². The molecule has 0 aliphatic rings. The minimum Gasteiger partial charge on any atom is -0.486 e. The lowest BCUT2D eigenvalue weighted by Gasteiger charge is -2.02. The van der Waals surface area contributed by atoms with Crippen LogP contribution in [0.2, 0.25) is 0 Å². The third-order valence-corrected chi connectivity index (χ3v) is 2.79. The first-order valence-corrected chi connectivity index (χ1v) is 6.16.